The van der Waals surface area contributed by atoms with E-state index in [9.17, 15) is 14.4 Å². The Balaban J connectivity index is 1.68. The van der Waals surface area contributed by atoms with Gasteiger partial charge in [-0.1, -0.05) is 25.4 Å². The fraction of sp³-hybridized carbons (Fsp3) is 0.654. The summed E-state index contributed by atoms with van der Waals surface area (Å²) >= 11 is 6.00. The van der Waals surface area contributed by atoms with Gasteiger partial charge in [0.15, 0.2) is 0 Å². The first kappa shape index (κ1) is 25.9. The van der Waals surface area contributed by atoms with Gasteiger partial charge in [-0.15, -0.1) is 0 Å². The van der Waals surface area contributed by atoms with E-state index in [0.29, 0.717) is 55.9 Å². The van der Waals surface area contributed by atoms with E-state index < -0.39 is 29.1 Å². The minimum atomic E-state index is -1.03. The van der Waals surface area contributed by atoms with E-state index in [1.807, 2.05) is 13.8 Å². The smallest absolute Gasteiger partial charge is 0.250 e. The van der Waals surface area contributed by atoms with Gasteiger partial charge in [0, 0.05) is 30.4 Å². The minimum Gasteiger partial charge on any atom is -0.396 e. The third kappa shape index (κ3) is 4.45. The topological polar surface area (TPSA) is 108 Å². The van der Waals surface area contributed by atoms with Crippen molar-refractivity contribution >= 4 is 35.0 Å². The van der Waals surface area contributed by atoms with Crippen molar-refractivity contribution in [3.8, 4) is 0 Å². The van der Waals surface area contributed by atoms with Crippen LogP contribution in [-0.2, 0) is 19.1 Å². The second-order valence-corrected chi connectivity index (χ2v) is 10.4. The Morgan fingerprint density at radius 2 is 1.89 bits per heavy atom. The van der Waals surface area contributed by atoms with Crippen molar-refractivity contribution in [2.45, 2.75) is 76.0 Å². The zero-order chi connectivity index (χ0) is 25.2. The van der Waals surface area contributed by atoms with Crippen LogP contribution in [0.4, 0.5) is 5.69 Å². The summed E-state index contributed by atoms with van der Waals surface area (Å²) in [5.74, 6) is -1.96. The third-order valence-corrected chi connectivity index (χ3v) is 8.18. The zero-order valence-electron chi connectivity index (χ0n) is 20.5. The fourth-order valence-electron chi connectivity index (χ4n) is 6.33. The highest BCUT2D eigenvalue weighted by Crippen LogP contribution is 2.64. The number of amides is 3. The largest absolute Gasteiger partial charge is 0.396 e. The first-order valence-corrected chi connectivity index (χ1v) is 13.2. The first-order valence-electron chi connectivity index (χ1n) is 12.8. The monoisotopic (exact) mass is 505 g/mol. The molecule has 35 heavy (non-hydrogen) atoms. The zero-order valence-corrected chi connectivity index (χ0v) is 21.3. The average molecular weight is 506 g/mol. The Morgan fingerprint density at radius 1 is 1.14 bits per heavy atom. The molecule has 8 nitrogen and oxygen atoms in total. The van der Waals surface area contributed by atoms with Crippen molar-refractivity contribution in [2.75, 3.05) is 25.0 Å². The van der Waals surface area contributed by atoms with Gasteiger partial charge >= 0.3 is 0 Å². The van der Waals surface area contributed by atoms with Gasteiger partial charge in [0.2, 0.25) is 17.7 Å². The van der Waals surface area contributed by atoms with Crippen LogP contribution in [0.2, 0.25) is 5.02 Å². The number of hydrogen-bond donors (Lipinski definition) is 3. The molecule has 5 atom stereocenters. The molecule has 3 heterocycles. The molecular formula is C26H36ClN3O5. The van der Waals surface area contributed by atoms with Gasteiger partial charge in [0.05, 0.1) is 17.4 Å². The molecule has 0 aromatic heterocycles. The molecular weight excluding hydrogens is 470 g/mol. The quantitative estimate of drug-likeness (QED) is 0.400. The molecule has 2 unspecified atom stereocenters. The Labute approximate surface area is 211 Å². The number of anilines is 1. The molecule has 0 radical (unpaired) electrons. The number of halogens is 1. The summed E-state index contributed by atoms with van der Waals surface area (Å²) < 4.78 is 6.71. The molecule has 0 saturated carbocycles. The number of aliphatic hydroxyl groups is 1. The van der Waals surface area contributed by atoms with Crippen LogP contribution in [0.15, 0.2) is 24.3 Å². The standard InChI is InChI=1S/C26H36ClN3O5/c1-3-14-28-22(32)19-20-24(34)30(15-6-5-7-16-31)21(26(20)13-12-25(19,4-2)35-26)23(33)29-18-10-8-17(27)9-11-18/h8-11,19-21,31H,3-7,12-16H2,1-2H3,(H,28,32)(H,29,33)/t19-,20+,21?,25+,26?/m1/s1. The number of unbranched alkanes of at least 4 members (excludes halogenated alkanes) is 2. The van der Waals surface area contributed by atoms with Crippen LogP contribution in [-0.4, -0.2) is 64.7 Å². The molecule has 3 aliphatic heterocycles. The molecule has 2 bridgehead atoms. The molecule has 192 valence electrons. The molecule has 3 aliphatic rings. The van der Waals surface area contributed by atoms with Crippen molar-refractivity contribution in [1.82, 2.24) is 10.2 Å². The van der Waals surface area contributed by atoms with E-state index in [1.165, 1.54) is 0 Å². The van der Waals surface area contributed by atoms with E-state index in [2.05, 4.69) is 10.6 Å². The second kappa shape index (κ2) is 10.4. The predicted molar refractivity (Wildman–Crippen MR) is 133 cm³/mol. The summed E-state index contributed by atoms with van der Waals surface area (Å²) in [5, 5.41) is 15.6. The van der Waals surface area contributed by atoms with Crippen LogP contribution in [0.5, 0.6) is 0 Å². The van der Waals surface area contributed by atoms with Crippen molar-refractivity contribution < 1.29 is 24.2 Å². The number of aliphatic hydroxyl groups excluding tert-OH is 1. The lowest BCUT2D eigenvalue weighted by Gasteiger charge is -2.34. The Hall–Kier alpha value is -2.16. The lowest BCUT2D eigenvalue weighted by atomic mass is 9.65. The van der Waals surface area contributed by atoms with Crippen molar-refractivity contribution in [3.05, 3.63) is 29.3 Å². The molecule has 9 heteroatoms. The molecule has 3 saturated heterocycles. The molecule has 0 aliphatic carbocycles. The van der Waals surface area contributed by atoms with E-state index >= 15 is 0 Å². The Kier molecular flexibility index (Phi) is 7.74. The minimum absolute atomic E-state index is 0.0861. The maximum Gasteiger partial charge on any atom is 0.250 e. The average Bonchev–Trinajstić information content (AvgIpc) is 3.45. The van der Waals surface area contributed by atoms with Gasteiger partial charge < -0.3 is 25.4 Å². The van der Waals surface area contributed by atoms with Gasteiger partial charge in [0.25, 0.3) is 0 Å². The van der Waals surface area contributed by atoms with Gasteiger partial charge in [-0.3, -0.25) is 14.4 Å². The van der Waals surface area contributed by atoms with Gasteiger partial charge in [-0.2, -0.15) is 0 Å². The molecule has 1 aromatic rings. The van der Waals surface area contributed by atoms with E-state index in [-0.39, 0.29) is 24.3 Å². The number of likely N-dealkylation sites (tertiary alicyclic amines) is 1. The molecule has 1 aromatic carbocycles. The van der Waals surface area contributed by atoms with Crippen molar-refractivity contribution in [3.63, 3.8) is 0 Å². The van der Waals surface area contributed by atoms with Gasteiger partial charge in [-0.25, -0.2) is 0 Å². The molecule has 4 rings (SSSR count). The summed E-state index contributed by atoms with van der Waals surface area (Å²) in [7, 11) is 0. The number of nitrogens with one attached hydrogen (secondary N) is 2. The first-order chi connectivity index (χ1) is 16.8. The number of carbonyl (C=O) groups is 3. The predicted octanol–water partition coefficient (Wildman–Crippen LogP) is 3.12. The molecule has 3 fully saturated rings. The van der Waals surface area contributed by atoms with E-state index in [1.54, 1.807) is 29.2 Å². The number of fused-ring (bicyclic) bond motifs is 1. The van der Waals surface area contributed by atoms with Crippen LogP contribution in [0.1, 0.15) is 58.8 Å². The number of carbonyl (C=O) groups excluding carboxylic acids is 3. The van der Waals surface area contributed by atoms with Crippen molar-refractivity contribution in [2.24, 2.45) is 11.8 Å². The number of hydrogen-bond acceptors (Lipinski definition) is 5. The lowest BCUT2D eigenvalue weighted by Crippen LogP contribution is -2.53. The molecule has 3 amide bonds. The van der Waals surface area contributed by atoms with Crippen molar-refractivity contribution in [1.29, 1.82) is 0 Å². The number of rotatable bonds is 11. The summed E-state index contributed by atoms with van der Waals surface area (Å²) in [4.78, 5) is 42.6. The van der Waals surface area contributed by atoms with Crippen LogP contribution in [0.3, 0.4) is 0 Å². The van der Waals surface area contributed by atoms with Gasteiger partial charge in [-0.05, 0) is 69.2 Å². The molecule has 3 N–H and O–H groups in total. The van der Waals surface area contributed by atoms with Crippen LogP contribution >= 0.6 is 11.6 Å². The molecule has 1 spiro atoms. The summed E-state index contributed by atoms with van der Waals surface area (Å²) in [5.41, 5.74) is -1.18. The Bertz CT molecular complexity index is 957. The fourth-order valence-corrected chi connectivity index (χ4v) is 6.46. The second-order valence-electron chi connectivity index (χ2n) is 9.94. The number of ether oxygens (including phenoxy) is 1. The SMILES string of the molecule is CCCNC(=O)[C@H]1[C@H]2C(=O)N(CCCCCO)C(C(=O)Nc3ccc(Cl)cc3)C23CC[C@]1(CC)O3. The highest BCUT2D eigenvalue weighted by molar-refractivity contribution is 6.30. The number of benzene rings is 1. The normalized spacial score (nSPS) is 31.0. The summed E-state index contributed by atoms with van der Waals surface area (Å²) in [6.45, 7) is 4.97. The maximum absolute atomic E-state index is 13.9. The lowest BCUT2D eigenvalue weighted by molar-refractivity contribution is -0.146. The van der Waals surface area contributed by atoms with E-state index in [0.717, 1.165) is 12.8 Å². The highest BCUT2D eigenvalue weighted by Gasteiger charge is 2.78. The number of nitrogens with zero attached hydrogens (tertiary/aromatic N) is 1. The maximum atomic E-state index is 13.9. The van der Waals surface area contributed by atoms with Gasteiger partial charge in [0.1, 0.15) is 11.6 Å². The highest BCUT2D eigenvalue weighted by atomic mass is 35.5. The van der Waals surface area contributed by atoms with Crippen LogP contribution in [0, 0.1) is 11.8 Å². The van der Waals surface area contributed by atoms with Crippen LogP contribution in [0.25, 0.3) is 0 Å². The third-order valence-electron chi connectivity index (χ3n) is 7.93. The summed E-state index contributed by atoms with van der Waals surface area (Å²) in [6, 6.07) is 6.01. The Morgan fingerprint density at radius 3 is 2.54 bits per heavy atom. The van der Waals surface area contributed by atoms with Crippen LogP contribution < -0.4 is 10.6 Å². The summed E-state index contributed by atoms with van der Waals surface area (Å²) in [6.07, 6.45) is 4.63. The van der Waals surface area contributed by atoms with E-state index in [4.69, 9.17) is 21.4 Å².